The van der Waals surface area contributed by atoms with E-state index in [0.717, 1.165) is 10.0 Å². The van der Waals surface area contributed by atoms with Crippen molar-refractivity contribution in [2.75, 3.05) is 0 Å². The lowest BCUT2D eigenvalue weighted by atomic mass is 10.1. The van der Waals surface area contributed by atoms with Gasteiger partial charge in [-0.3, -0.25) is 0 Å². The minimum absolute atomic E-state index is 0.273. The van der Waals surface area contributed by atoms with E-state index in [0.29, 0.717) is 16.9 Å². The SMILES string of the molecule is Cc1csc(SCc2cc(C#N)ccc2F)n1. The summed E-state index contributed by atoms with van der Waals surface area (Å²) < 4.78 is 14.4. The minimum Gasteiger partial charge on any atom is -0.235 e. The van der Waals surface area contributed by atoms with Gasteiger partial charge in [-0.15, -0.1) is 11.3 Å². The van der Waals surface area contributed by atoms with E-state index >= 15 is 0 Å². The van der Waals surface area contributed by atoms with Crippen LogP contribution in [0.15, 0.2) is 27.9 Å². The predicted molar refractivity (Wildman–Crippen MR) is 67.5 cm³/mol. The highest BCUT2D eigenvalue weighted by Gasteiger charge is 2.06. The van der Waals surface area contributed by atoms with Crippen LogP contribution in [0.4, 0.5) is 4.39 Å². The normalized spacial score (nSPS) is 10.2. The molecule has 0 saturated heterocycles. The van der Waals surface area contributed by atoms with Gasteiger partial charge < -0.3 is 0 Å². The molecule has 0 radical (unpaired) electrons. The first kappa shape index (κ1) is 12.1. The van der Waals surface area contributed by atoms with E-state index < -0.39 is 0 Å². The van der Waals surface area contributed by atoms with Crippen LogP contribution in [-0.4, -0.2) is 4.98 Å². The fraction of sp³-hybridized carbons (Fsp3) is 0.167. The molecule has 2 nitrogen and oxygen atoms in total. The van der Waals surface area contributed by atoms with Crippen LogP contribution < -0.4 is 0 Å². The third-order valence-corrected chi connectivity index (χ3v) is 4.31. The van der Waals surface area contributed by atoms with Crippen LogP contribution in [0.1, 0.15) is 16.8 Å². The van der Waals surface area contributed by atoms with Gasteiger partial charge in [0.2, 0.25) is 0 Å². The average molecular weight is 264 g/mol. The van der Waals surface area contributed by atoms with Gasteiger partial charge in [-0.1, -0.05) is 11.8 Å². The molecule has 0 spiro atoms. The van der Waals surface area contributed by atoms with E-state index in [1.807, 2.05) is 18.4 Å². The second-order valence-electron chi connectivity index (χ2n) is 3.46. The van der Waals surface area contributed by atoms with Gasteiger partial charge >= 0.3 is 0 Å². The molecule has 0 bridgehead atoms. The molecule has 17 heavy (non-hydrogen) atoms. The number of rotatable bonds is 3. The number of aryl methyl sites for hydroxylation is 1. The van der Waals surface area contributed by atoms with Crippen molar-refractivity contribution in [3.8, 4) is 6.07 Å². The summed E-state index contributed by atoms with van der Waals surface area (Å²) in [5.74, 6) is 0.221. The van der Waals surface area contributed by atoms with E-state index in [1.54, 1.807) is 17.4 Å². The number of aromatic nitrogens is 1. The molecule has 86 valence electrons. The maximum atomic E-state index is 13.5. The number of thioether (sulfide) groups is 1. The van der Waals surface area contributed by atoms with E-state index in [1.165, 1.54) is 23.9 Å². The van der Waals surface area contributed by atoms with Crippen molar-refractivity contribution in [2.24, 2.45) is 0 Å². The zero-order valence-corrected chi connectivity index (χ0v) is 10.7. The maximum Gasteiger partial charge on any atom is 0.150 e. The number of nitrogens with zero attached hydrogens (tertiary/aromatic N) is 2. The molecule has 0 unspecified atom stereocenters. The van der Waals surface area contributed by atoms with E-state index in [9.17, 15) is 4.39 Å². The van der Waals surface area contributed by atoms with Crippen molar-refractivity contribution in [1.29, 1.82) is 5.26 Å². The molecule has 0 aliphatic rings. The largest absolute Gasteiger partial charge is 0.235 e. The van der Waals surface area contributed by atoms with Crippen molar-refractivity contribution in [3.05, 3.63) is 46.2 Å². The summed E-state index contributed by atoms with van der Waals surface area (Å²) in [4.78, 5) is 4.29. The number of hydrogen-bond donors (Lipinski definition) is 0. The molecule has 0 amide bonds. The van der Waals surface area contributed by atoms with Crippen molar-refractivity contribution in [2.45, 2.75) is 17.0 Å². The first-order chi connectivity index (χ1) is 8.19. The van der Waals surface area contributed by atoms with Crippen molar-refractivity contribution >= 4 is 23.1 Å². The van der Waals surface area contributed by atoms with Crippen LogP contribution in [0.3, 0.4) is 0 Å². The molecular weight excluding hydrogens is 255 g/mol. The van der Waals surface area contributed by atoms with Gasteiger partial charge in [0.15, 0.2) is 0 Å². The van der Waals surface area contributed by atoms with Crippen LogP contribution in [0.25, 0.3) is 0 Å². The van der Waals surface area contributed by atoms with Crippen LogP contribution in [0, 0.1) is 24.1 Å². The van der Waals surface area contributed by atoms with Crippen LogP contribution in [0.5, 0.6) is 0 Å². The summed E-state index contributed by atoms with van der Waals surface area (Å²) in [6.45, 7) is 1.93. The van der Waals surface area contributed by atoms with Crippen molar-refractivity contribution < 1.29 is 4.39 Å². The molecule has 0 N–H and O–H groups in total. The van der Waals surface area contributed by atoms with E-state index in [4.69, 9.17) is 5.26 Å². The van der Waals surface area contributed by atoms with Crippen molar-refractivity contribution in [1.82, 2.24) is 4.98 Å². The van der Waals surface area contributed by atoms with E-state index in [-0.39, 0.29) is 5.82 Å². The molecular formula is C12H9FN2S2. The highest BCUT2D eigenvalue weighted by atomic mass is 32.2. The Hall–Kier alpha value is -1.38. The first-order valence-electron chi connectivity index (χ1n) is 4.92. The van der Waals surface area contributed by atoms with Crippen molar-refractivity contribution in [3.63, 3.8) is 0 Å². The molecule has 5 heteroatoms. The van der Waals surface area contributed by atoms with Crippen LogP contribution >= 0.6 is 23.1 Å². The Labute approximate surface area is 107 Å². The lowest BCUT2D eigenvalue weighted by Crippen LogP contribution is -1.89. The van der Waals surface area contributed by atoms with Gasteiger partial charge in [0, 0.05) is 16.8 Å². The topological polar surface area (TPSA) is 36.7 Å². The van der Waals surface area contributed by atoms with Gasteiger partial charge in [-0.2, -0.15) is 5.26 Å². The first-order valence-corrected chi connectivity index (χ1v) is 6.79. The highest BCUT2D eigenvalue weighted by molar-refractivity contribution is 8.00. The monoisotopic (exact) mass is 264 g/mol. The van der Waals surface area contributed by atoms with Gasteiger partial charge in [0.25, 0.3) is 0 Å². The quantitative estimate of drug-likeness (QED) is 0.792. The summed E-state index contributed by atoms with van der Waals surface area (Å²) in [6, 6.07) is 6.41. The van der Waals surface area contributed by atoms with Gasteiger partial charge in [0.05, 0.1) is 11.6 Å². The standard InChI is InChI=1S/C12H9FN2S2/c1-8-6-16-12(15-8)17-7-10-4-9(5-14)2-3-11(10)13/h2-4,6H,7H2,1H3. The lowest BCUT2D eigenvalue weighted by Gasteiger charge is -2.01. The Bertz CT molecular complexity index is 572. The Balaban J connectivity index is 2.11. The van der Waals surface area contributed by atoms with Gasteiger partial charge in [-0.25, -0.2) is 9.37 Å². The molecule has 2 rings (SSSR count). The third-order valence-electron chi connectivity index (χ3n) is 2.12. The number of thiazole rings is 1. The Morgan fingerprint density at radius 2 is 2.35 bits per heavy atom. The summed E-state index contributed by atoms with van der Waals surface area (Å²) >= 11 is 3.03. The number of benzene rings is 1. The number of halogens is 1. The third kappa shape index (κ3) is 3.05. The fourth-order valence-corrected chi connectivity index (χ4v) is 3.12. The van der Waals surface area contributed by atoms with Gasteiger partial charge in [0.1, 0.15) is 10.2 Å². The summed E-state index contributed by atoms with van der Waals surface area (Å²) in [7, 11) is 0. The van der Waals surface area contributed by atoms with E-state index in [2.05, 4.69) is 4.98 Å². The Morgan fingerprint density at radius 1 is 1.53 bits per heavy atom. The van der Waals surface area contributed by atoms with Crippen LogP contribution in [0.2, 0.25) is 0 Å². The van der Waals surface area contributed by atoms with Crippen LogP contribution in [-0.2, 0) is 5.75 Å². The summed E-state index contributed by atoms with van der Waals surface area (Å²) in [5, 5.41) is 10.7. The zero-order chi connectivity index (χ0) is 12.3. The fourth-order valence-electron chi connectivity index (χ4n) is 1.29. The number of hydrogen-bond acceptors (Lipinski definition) is 4. The molecule has 0 atom stereocenters. The smallest absolute Gasteiger partial charge is 0.150 e. The lowest BCUT2D eigenvalue weighted by molar-refractivity contribution is 0.617. The zero-order valence-electron chi connectivity index (χ0n) is 9.11. The van der Waals surface area contributed by atoms with Gasteiger partial charge in [-0.05, 0) is 30.7 Å². The summed E-state index contributed by atoms with van der Waals surface area (Å²) in [5.41, 5.74) is 2.00. The molecule has 1 aromatic carbocycles. The Kier molecular flexibility index (Phi) is 3.77. The predicted octanol–water partition coefficient (Wildman–Crippen LogP) is 3.75. The second-order valence-corrected chi connectivity index (χ2v) is 5.54. The second kappa shape index (κ2) is 5.30. The average Bonchev–Trinajstić information content (AvgIpc) is 2.74. The number of nitriles is 1. The molecule has 0 fully saturated rings. The minimum atomic E-state index is -0.273. The molecule has 2 aromatic rings. The molecule has 0 aliphatic heterocycles. The highest BCUT2D eigenvalue weighted by Crippen LogP contribution is 2.27. The molecule has 0 aliphatic carbocycles. The summed E-state index contributed by atoms with van der Waals surface area (Å²) in [6.07, 6.45) is 0. The Morgan fingerprint density at radius 3 is 3.00 bits per heavy atom. The maximum absolute atomic E-state index is 13.5. The molecule has 1 heterocycles. The molecule has 1 aromatic heterocycles. The molecule has 0 saturated carbocycles.